The molecule has 0 heterocycles. The molecule has 0 radical (unpaired) electrons. The van der Waals surface area contributed by atoms with Crippen LogP contribution in [0.1, 0.15) is 23.6 Å². The second-order valence-corrected chi connectivity index (χ2v) is 9.04. The van der Waals surface area contributed by atoms with E-state index in [0.717, 1.165) is 11.8 Å². The van der Waals surface area contributed by atoms with Crippen molar-refractivity contribution in [3.8, 4) is 0 Å². The number of sulfone groups is 1. The maximum Gasteiger partial charge on any atom is 0.191 e. The van der Waals surface area contributed by atoms with Crippen LogP contribution in [0.25, 0.3) is 0 Å². The first-order chi connectivity index (χ1) is 13.8. The topological polar surface area (TPSA) is 90.8 Å². The van der Waals surface area contributed by atoms with Crippen LogP contribution in [0.3, 0.4) is 0 Å². The number of halogens is 1. The van der Waals surface area contributed by atoms with Crippen molar-refractivity contribution in [3.63, 3.8) is 0 Å². The predicted octanol–water partition coefficient (Wildman–Crippen LogP) is 2.03. The third-order valence-corrected chi connectivity index (χ3v) is 4.99. The number of aliphatic hydroxyl groups excluding tert-OH is 1. The van der Waals surface area contributed by atoms with Gasteiger partial charge in [0.1, 0.15) is 5.82 Å². The molecule has 0 aromatic heterocycles. The van der Waals surface area contributed by atoms with Gasteiger partial charge in [0.15, 0.2) is 15.8 Å². The van der Waals surface area contributed by atoms with Gasteiger partial charge in [0.05, 0.1) is 18.4 Å². The van der Waals surface area contributed by atoms with E-state index in [4.69, 9.17) is 0 Å². The molecule has 0 fully saturated rings. The smallest absolute Gasteiger partial charge is 0.191 e. The van der Waals surface area contributed by atoms with E-state index in [-0.39, 0.29) is 12.3 Å². The third-order valence-electron chi connectivity index (χ3n) is 4.16. The average molecular weight is 422 g/mol. The highest BCUT2D eigenvalue weighted by Gasteiger charge is 2.11. The number of nitrogens with one attached hydrogen (secondary N) is 2. The van der Waals surface area contributed by atoms with Crippen LogP contribution >= 0.6 is 0 Å². The molecule has 158 valence electrons. The van der Waals surface area contributed by atoms with Crippen molar-refractivity contribution in [2.24, 2.45) is 4.99 Å². The summed E-state index contributed by atoms with van der Waals surface area (Å²) in [7, 11) is -3.25. The monoisotopic (exact) mass is 421 g/mol. The van der Waals surface area contributed by atoms with Crippen molar-refractivity contribution >= 4 is 15.8 Å². The number of rotatable bonds is 9. The molecular formula is C21H28FN3O3S. The van der Waals surface area contributed by atoms with Crippen molar-refractivity contribution in [1.82, 2.24) is 10.6 Å². The van der Waals surface area contributed by atoms with Crippen LogP contribution in [-0.4, -0.2) is 44.9 Å². The highest BCUT2D eigenvalue weighted by Crippen LogP contribution is 2.15. The summed E-state index contributed by atoms with van der Waals surface area (Å²) in [6.45, 7) is 2.93. The van der Waals surface area contributed by atoms with Gasteiger partial charge in [0.2, 0.25) is 0 Å². The predicted molar refractivity (Wildman–Crippen MR) is 114 cm³/mol. The van der Waals surface area contributed by atoms with E-state index >= 15 is 0 Å². The van der Waals surface area contributed by atoms with E-state index in [1.165, 1.54) is 18.2 Å². The fourth-order valence-corrected chi connectivity index (χ4v) is 3.69. The van der Waals surface area contributed by atoms with Crippen LogP contribution in [0.2, 0.25) is 0 Å². The summed E-state index contributed by atoms with van der Waals surface area (Å²) in [6, 6.07) is 13.7. The molecule has 8 heteroatoms. The van der Waals surface area contributed by atoms with Crippen LogP contribution in [-0.2, 0) is 28.6 Å². The molecule has 0 bridgehead atoms. The van der Waals surface area contributed by atoms with E-state index in [9.17, 15) is 17.9 Å². The molecule has 2 aromatic carbocycles. The molecular weight excluding hydrogens is 393 g/mol. The summed E-state index contributed by atoms with van der Waals surface area (Å²) in [5.41, 5.74) is 2.07. The number of nitrogens with zero attached hydrogens (tertiary/aromatic N) is 1. The molecule has 0 amide bonds. The lowest BCUT2D eigenvalue weighted by Crippen LogP contribution is -2.41. The Morgan fingerprint density at radius 2 is 1.86 bits per heavy atom. The van der Waals surface area contributed by atoms with Gasteiger partial charge >= 0.3 is 0 Å². The number of guanidine groups is 1. The second-order valence-electron chi connectivity index (χ2n) is 6.90. The first-order valence-electron chi connectivity index (χ1n) is 9.46. The first kappa shape index (κ1) is 22.8. The van der Waals surface area contributed by atoms with Gasteiger partial charge in [-0.05, 0) is 35.7 Å². The Hall–Kier alpha value is -2.45. The van der Waals surface area contributed by atoms with E-state index in [1.807, 2.05) is 37.3 Å². The maximum atomic E-state index is 13.7. The molecule has 0 aliphatic carbocycles. The van der Waals surface area contributed by atoms with Crippen molar-refractivity contribution in [3.05, 3.63) is 71.0 Å². The highest BCUT2D eigenvalue weighted by molar-refractivity contribution is 7.89. The normalized spacial score (nSPS) is 13.2. The largest absolute Gasteiger partial charge is 0.391 e. The van der Waals surface area contributed by atoms with E-state index in [0.29, 0.717) is 36.6 Å². The van der Waals surface area contributed by atoms with Crippen molar-refractivity contribution in [1.29, 1.82) is 0 Å². The van der Waals surface area contributed by atoms with Crippen LogP contribution in [0.4, 0.5) is 4.39 Å². The third kappa shape index (κ3) is 8.62. The summed E-state index contributed by atoms with van der Waals surface area (Å²) in [5.74, 6) is -0.143. The first-order valence-corrected chi connectivity index (χ1v) is 11.5. The quantitative estimate of drug-likeness (QED) is 0.426. The summed E-state index contributed by atoms with van der Waals surface area (Å²) < 4.78 is 36.9. The van der Waals surface area contributed by atoms with Gasteiger partial charge in [-0.25, -0.2) is 17.8 Å². The SMILES string of the molecule is CCNC(=NCc1cc(F)ccc1CS(C)(=O)=O)NCC(O)Cc1ccccc1. The van der Waals surface area contributed by atoms with E-state index in [1.54, 1.807) is 0 Å². The van der Waals surface area contributed by atoms with E-state index in [2.05, 4.69) is 15.6 Å². The summed E-state index contributed by atoms with van der Waals surface area (Å²) in [5, 5.41) is 16.4. The molecule has 0 saturated carbocycles. The molecule has 1 unspecified atom stereocenters. The Morgan fingerprint density at radius 3 is 2.52 bits per heavy atom. The molecule has 0 aliphatic rings. The molecule has 0 aliphatic heterocycles. The minimum atomic E-state index is -3.25. The lowest BCUT2D eigenvalue weighted by atomic mass is 10.1. The zero-order valence-electron chi connectivity index (χ0n) is 16.7. The van der Waals surface area contributed by atoms with Gasteiger partial charge in [-0.2, -0.15) is 0 Å². The molecule has 2 rings (SSSR count). The molecule has 1 atom stereocenters. The van der Waals surface area contributed by atoms with Gasteiger partial charge < -0.3 is 15.7 Å². The fourth-order valence-electron chi connectivity index (χ4n) is 2.84. The summed E-state index contributed by atoms with van der Waals surface area (Å²) >= 11 is 0. The van der Waals surface area contributed by atoms with Gasteiger partial charge in [-0.1, -0.05) is 36.4 Å². The van der Waals surface area contributed by atoms with Gasteiger partial charge in [-0.3, -0.25) is 0 Å². The maximum absolute atomic E-state index is 13.7. The van der Waals surface area contributed by atoms with Crippen molar-refractivity contribution < 1.29 is 17.9 Å². The number of benzene rings is 2. The van der Waals surface area contributed by atoms with E-state index < -0.39 is 21.8 Å². The second kappa shape index (κ2) is 10.9. The lowest BCUT2D eigenvalue weighted by molar-refractivity contribution is 0.177. The van der Waals surface area contributed by atoms with Crippen LogP contribution in [0, 0.1) is 5.82 Å². The Labute approximate surface area is 171 Å². The molecule has 3 N–H and O–H groups in total. The lowest BCUT2D eigenvalue weighted by Gasteiger charge is -2.16. The average Bonchev–Trinajstić information content (AvgIpc) is 2.65. The van der Waals surface area contributed by atoms with Gasteiger partial charge in [0.25, 0.3) is 0 Å². The summed E-state index contributed by atoms with van der Waals surface area (Å²) in [6.07, 6.45) is 1.05. The molecule has 0 spiro atoms. The molecule has 6 nitrogen and oxygen atoms in total. The number of hydrogen-bond acceptors (Lipinski definition) is 4. The highest BCUT2D eigenvalue weighted by atomic mass is 32.2. The standard InChI is InChI=1S/C21H28FN3O3S/c1-3-23-21(25-14-20(26)11-16-7-5-4-6-8-16)24-13-18-12-19(22)10-9-17(18)15-29(2,27)28/h4-10,12,20,26H,3,11,13-15H2,1-2H3,(H2,23,24,25). The number of hydrogen-bond donors (Lipinski definition) is 3. The van der Waals surface area contributed by atoms with Crippen LogP contribution in [0.5, 0.6) is 0 Å². The number of aliphatic imine (C=N–C) groups is 1. The molecule has 0 saturated heterocycles. The number of aliphatic hydroxyl groups is 1. The molecule has 2 aromatic rings. The molecule has 29 heavy (non-hydrogen) atoms. The minimum Gasteiger partial charge on any atom is -0.391 e. The van der Waals surface area contributed by atoms with Crippen molar-refractivity contribution in [2.75, 3.05) is 19.3 Å². The van der Waals surface area contributed by atoms with Crippen molar-refractivity contribution in [2.45, 2.75) is 31.7 Å². The Kier molecular flexibility index (Phi) is 8.60. The van der Waals surface area contributed by atoms with Crippen LogP contribution in [0.15, 0.2) is 53.5 Å². The zero-order valence-corrected chi connectivity index (χ0v) is 17.5. The minimum absolute atomic E-state index is 0.118. The summed E-state index contributed by atoms with van der Waals surface area (Å²) in [4.78, 5) is 4.42. The van der Waals surface area contributed by atoms with Gasteiger partial charge in [0, 0.05) is 25.8 Å². The Bertz CT molecular complexity index is 918. The Balaban J connectivity index is 2.04. The van der Waals surface area contributed by atoms with Gasteiger partial charge in [-0.15, -0.1) is 0 Å². The zero-order chi connectivity index (χ0) is 21.3. The fraction of sp³-hybridized carbons (Fsp3) is 0.381. The Morgan fingerprint density at radius 1 is 1.14 bits per heavy atom. The van der Waals surface area contributed by atoms with Crippen LogP contribution < -0.4 is 10.6 Å².